The fourth-order valence-corrected chi connectivity index (χ4v) is 3.65. The summed E-state index contributed by atoms with van der Waals surface area (Å²) in [6.45, 7) is 2.06. The average Bonchev–Trinajstić information content (AvgIpc) is 2.58. The van der Waals surface area contributed by atoms with Gasteiger partial charge in [0.15, 0.2) is 6.61 Å². The lowest BCUT2D eigenvalue weighted by Crippen LogP contribution is -2.25. The van der Waals surface area contributed by atoms with E-state index in [2.05, 4.69) is 37.2 Å². The highest BCUT2D eigenvalue weighted by Gasteiger charge is 2.11. The molecule has 0 heterocycles. The molecule has 0 aromatic heterocycles. The van der Waals surface area contributed by atoms with Crippen LogP contribution < -0.4 is 10.1 Å². The summed E-state index contributed by atoms with van der Waals surface area (Å²) in [5, 5.41) is 2.39. The van der Waals surface area contributed by atoms with Crippen LogP contribution in [-0.4, -0.2) is 25.5 Å². The molecule has 0 unspecified atom stereocenters. The van der Waals surface area contributed by atoms with E-state index in [9.17, 15) is 9.59 Å². The van der Waals surface area contributed by atoms with Gasteiger partial charge in [0.1, 0.15) is 12.4 Å². The third-order valence-corrected chi connectivity index (χ3v) is 4.51. The molecule has 0 aliphatic carbocycles. The van der Waals surface area contributed by atoms with Gasteiger partial charge in [-0.2, -0.15) is 0 Å². The van der Waals surface area contributed by atoms with Gasteiger partial charge in [0.2, 0.25) is 0 Å². The van der Waals surface area contributed by atoms with Crippen molar-refractivity contribution in [3.05, 3.63) is 62.0 Å². The number of amides is 1. The van der Waals surface area contributed by atoms with Gasteiger partial charge in [-0.25, -0.2) is 4.79 Å². The van der Waals surface area contributed by atoms with Gasteiger partial charge in [-0.3, -0.25) is 4.79 Å². The maximum atomic E-state index is 11.8. The van der Waals surface area contributed by atoms with Crippen LogP contribution in [0, 0.1) is 6.92 Å². The molecular formula is C18H17Br2NO4. The first-order valence-electron chi connectivity index (χ1n) is 7.45. The molecule has 0 spiro atoms. The summed E-state index contributed by atoms with van der Waals surface area (Å²) in [6.07, 6.45) is 0. The van der Waals surface area contributed by atoms with E-state index in [1.54, 1.807) is 24.3 Å². The van der Waals surface area contributed by atoms with Crippen LogP contribution in [0.25, 0.3) is 0 Å². The van der Waals surface area contributed by atoms with Gasteiger partial charge in [0.25, 0.3) is 5.91 Å². The van der Waals surface area contributed by atoms with Gasteiger partial charge in [0.05, 0.1) is 14.5 Å². The number of carbonyl (C=O) groups excluding carboxylic acids is 2. The van der Waals surface area contributed by atoms with E-state index in [1.807, 2.05) is 19.1 Å². The number of hydrogen-bond donors (Lipinski definition) is 1. The summed E-state index contributed by atoms with van der Waals surface area (Å²) in [7, 11) is 1.48. The number of likely N-dealkylation sites (N-methyl/N-ethyl adjacent to an activating group) is 1. The van der Waals surface area contributed by atoms with Crippen molar-refractivity contribution in [2.45, 2.75) is 13.5 Å². The maximum Gasteiger partial charge on any atom is 0.338 e. The third kappa shape index (κ3) is 5.57. The highest BCUT2D eigenvalue weighted by Crippen LogP contribution is 2.35. The molecule has 1 N–H and O–H groups in total. The van der Waals surface area contributed by atoms with Gasteiger partial charge < -0.3 is 14.8 Å². The number of halogens is 2. The predicted octanol–water partition coefficient (Wildman–Crippen LogP) is 4.00. The Bertz CT molecular complexity index is 752. The number of ether oxygens (including phenoxy) is 2. The zero-order valence-corrected chi connectivity index (χ0v) is 16.9. The Hall–Kier alpha value is -1.86. The highest BCUT2D eigenvalue weighted by molar-refractivity contribution is 9.11. The number of rotatable bonds is 6. The highest BCUT2D eigenvalue weighted by atomic mass is 79.9. The first-order valence-corrected chi connectivity index (χ1v) is 9.04. The summed E-state index contributed by atoms with van der Waals surface area (Å²) in [4.78, 5) is 22.9. The lowest BCUT2D eigenvalue weighted by atomic mass is 10.1. The third-order valence-electron chi connectivity index (χ3n) is 3.33. The quantitative estimate of drug-likeness (QED) is 0.648. The molecule has 0 saturated heterocycles. The molecule has 0 bridgehead atoms. The van der Waals surface area contributed by atoms with Crippen LogP contribution in [0.5, 0.6) is 5.75 Å². The molecule has 0 aliphatic rings. The maximum absolute atomic E-state index is 11.8. The molecule has 0 atom stereocenters. The van der Waals surface area contributed by atoms with Crippen molar-refractivity contribution < 1.29 is 19.1 Å². The first-order chi connectivity index (χ1) is 11.9. The molecule has 0 saturated carbocycles. The summed E-state index contributed by atoms with van der Waals surface area (Å²) in [5.41, 5.74) is 2.40. The predicted molar refractivity (Wildman–Crippen MR) is 102 cm³/mol. The molecule has 5 nitrogen and oxygen atoms in total. The Kier molecular flexibility index (Phi) is 7.01. The van der Waals surface area contributed by atoms with E-state index in [4.69, 9.17) is 9.47 Å². The number of hydrogen-bond acceptors (Lipinski definition) is 4. The molecule has 132 valence electrons. The summed E-state index contributed by atoms with van der Waals surface area (Å²) in [5.74, 6) is -0.174. The number of carbonyl (C=O) groups is 2. The van der Waals surface area contributed by atoms with E-state index in [-0.39, 0.29) is 12.5 Å². The summed E-state index contributed by atoms with van der Waals surface area (Å²) < 4.78 is 12.5. The average molecular weight is 471 g/mol. The molecule has 0 aliphatic heterocycles. The van der Waals surface area contributed by atoms with Crippen LogP contribution >= 0.6 is 31.9 Å². The Morgan fingerprint density at radius 3 is 2.24 bits per heavy atom. The smallest absolute Gasteiger partial charge is 0.338 e. The van der Waals surface area contributed by atoms with Crippen molar-refractivity contribution in [2.24, 2.45) is 0 Å². The molecule has 7 heteroatoms. The zero-order chi connectivity index (χ0) is 18.4. The molecule has 2 aromatic carbocycles. The van der Waals surface area contributed by atoms with Crippen LogP contribution in [0.2, 0.25) is 0 Å². The molecule has 0 radical (unpaired) electrons. The minimum atomic E-state index is -0.542. The lowest BCUT2D eigenvalue weighted by molar-refractivity contribution is -0.123. The normalized spacial score (nSPS) is 10.2. The molecule has 2 rings (SSSR count). The topological polar surface area (TPSA) is 64.6 Å². The van der Waals surface area contributed by atoms with Crippen molar-refractivity contribution >= 4 is 43.7 Å². The number of benzene rings is 2. The van der Waals surface area contributed by atoms with E-state index in [0.29, 0.717) is 12.2 Å². The monoisotopic (exact) mass is 469 g/mol. The SMILES string of the molecule is CNC(=O)COC(=O)c1ccc(COc2c(Br)cc(C)cc2Br)cc1. The first kappa shape index (κ1) is 19.5. The number of aryl methyl sites for hydroxylation is 1. The molecule has 2 aromatic rings. The standard InChI is InChI=1S/C18H17Br2NO4/c1-11-7-14(19)17(15(20)8-11)24-9-12-3-5-13(6-4-12)18(23)25-10-16(22)21-2/h3-8H,9-10H2,1-2H3,(H,21,22). The summed E-state index contributed by atoms with van der Waals surface area (Å²) >= 11 is 6.98. The zero-order valence-electron chi connectivity index (χ0n) is 13.8. The van der Waals surface area contributed by atoms with Crippen molar-refractivity contribution in [3.8, 4) is 5.75 Å². The fourth-order valence-electron chi connectivity index (χ4n) is 2.00. The van der Waals surface area contributed by atoms with Crippen LogP contribution in [0.1, 0.15) is 21.5 Å². The van der Waals surface area contributed by atoms with E-state index < -0.39 is 5.97 Å². The van der Waals surface area contributed by atoms with Crippen molar-refractivity contribution in [1.82, 2.24) is 5.32 Å². The van der Waals surface area contributed by atoms with Crippen LogP contribution in [-0.2, 0) is 16.1 Å². The van der Waals surface area contributed by atoms with Crippen molar-refractivity contribution in [1.29, 1.82) is 0 Å². The Morgan fingerprint density at radius 2 is 1.68 bits per heavy atom. The van der Waals surface area contributed by atoms with E-state index in [1.165, 1.54) is 7.05 Å². The van der Waals surface area contributed by atoms with Gasteiger partial charge in [-0.1, -0.05) is 12.1 Å². The van der Waals surface area contributed by atoms with Gasteiger partial charge in [0, 0.05) is 7.05 Å². The van der Waals surface area contributed by atoms with E-state index >= 15 is 0 Å². The second-order valence-corrected chi connectivity index (χ2v) is 7.00. The molecule has 0 fully saturated rings. The van der Waals surface area contributed by atoms with Crippen LogP contribution in [0.4, 0.5) is 0 Å². The van der Waals surface area contributed by atoms with Crippen LogP contribution in [0.15, 0.2) is 45.3 Å². The van der Waals surface area contributed by atoms with Gasteiger partial charge in [-0.05, 0) is 74.2 Å². The van der Waals surface area contributed by atoms with Gasteiger partial charge >= 0.3 is 5.97 Å². The van der Waals surface area contributed by atoms with Crippen LogP contribution in [0.3, 0.4) is 0 Å². The Labute approximate surface area is 163 Å². The molecule has 1 amide bonds. The van der Waals surface area contributed by atoms with E-state index in [0.717, 1.165) is 25.8 Å². The molecular weight excluding hydrogens is 454 g/mol. The Balaban J connectivity index is 1.97. The fraction of sp³-hybridized carbons (Fsp3) is 0.222. The second-order valence-electron chi connectivity index (χ2n) is 5.29. The number of esters is 1. The number of nitrogens with one attached hydrogen (secondary N) is 1. The largest absolute Gasteiger partial charge is 0.487 e. The molecule has 25 heavy (non-hydrogen) atoms. The van der Waals surface area contributed by atoms with Crippen molar-refractivity contribution in [2.75, 3.05) is 13.7 Å². The minimum Gasteiger partial charge on any atom is -0.487 e. The van der Waals surface area contributed by atoms with Crippen molar-refractivity contribution in [3.63, 3.8) is 0 Å². The lowest BCUT2D eigenvalue weighted by Gasteiger charge is -2.11. The Morgan fingerprint density at radius 1 is 1.08 bits per heavy atom. The second kappa shape index (κ2) is 9.01. The minimum absolute atomic E-state index is 0.296. The van der Waals surface area contributed by atoms with Gasteiger partial charge in [-0.15, -0.1) is 0 Å². The summed E-state index contributed by atoms with van der Waals surface area (Å²) in [6, 6.07) is 10.8.